The van der Waals surface area contributed by atoms with Gasteiger partial charge in [-0.2, -0.15) is 0 Å². The number of hydrogen-bond acceptors (Lipinski definition) is 5. The van der Waals surface area contributed by atoms with Gasteiger partial charge in [0, 0.05) is 24.7 Å². The van der Waals surface area contributed by atoms with Gasteiger partial charge >= 0.3 is 0 Å². The number of aromatic nitrogens is 1. The van der Waals surface area contributed by atoms with Crippen LogP contribution < -0.4 is 10.6 Å². The van der Waals surface area contributed by atoms with Crippen molar-refractivity contribution >= 4 is 35.0 Å². The molecular weight excluding hydrogens is 314 g/mol. The minimum Gasteiger partial charge on any atom is -0.375 e. The van der Waals surface area contributed by atoms with Crippen LogP contribution in [-0.2, 0) is 9.53 Å². The van der Waals surface area contributed by atoms with E-state index in [0.29, 0.717) is 22.0 Å². The SMILES string of the molecule is COCC(=O)Nc1cccc(NC(=O)c2cccnc2SC)c1. The van der Waals surface area contributed by atoms with Crippen LogP contribution in [0.3, 0.4) is 0 Å². The molecule has 6 nitrogen and oxygen atoms in total. The van der Waals surface area contributed by atoms with Crippen molar-refractivity contribution in [1.29, 1.82) is 0 Å². The number of ether oxygens (including phenoxy) is 1. The van der Waals surface area contributed by atoms with Gasteiger partial charge in [-0.1, -0.05) is 6.07 Å². The van der Waals surface area contributed by atoms with E-state index in [0.717, 1.165) is 0 Å². The van der Waals surface area contributed by atoms with Gasteiger partial charge in [0.15, 0.2) is 0 Å². The van der Waals surface area contributed by atoms with Crippen LogP contribution in [0.1, 0.15) is 10.4 Å². The third-order valence-corrected chi connectivity index (χ3v) is 3.60. The molecule has 0 atom stereocenters. The number of thioether (sulfide) groups is 1. The summed E-state index contributed by atoms with van der Waals surface area (Å²) in [6.07, 6.45) is 3.51. The lowest BCUT2D eigenvalue weighted by Gasteiger charge is -2.10. The van der Waals surface area contributed by atoms with E-state index in [1.165, 1.54) is 18.9 Å². The van der Waals surface area contributed by atoms with Crippen molar-refractivity contribution in [3.63, 3.8) is 0 Å². The lowest BCUT2D eigenvalue weighted by molar-refractivity contribution is -0.119. The van der Waals surface area contributed by atoms with Crippen molar-refractivity contribution in [1.82, 2.24) is 4.98 Å². The number of nitrogens with zero attached hydrogens (tertiary/aromatic N) is 1. The van der Waals surface area contributed by atoms with Gasteiger partial charge in [0.1, 0.15) is 11.6 Å². The summed E-state index contributed by atoms with van der Waals surface area (Å²) in [5.74, 6) is -0.504. The maximum absolute atomic E-state index is 12.4. The van der Waals surface area contributed by atoms with Crippen LogP contribution in [-0.4, -0.2) is 36.8 Å². The molecule has 0 bridgehead atoms. The molecule has 7 heteroatoms. The fraction of sp³-hybridized carbons (Fsp3) is 0.188. The molecular formula is C16H17N3O3S. The van der Waals surface area contributed by atoms with E-state index in [4.69, 9.17) is 4.74 Å². The van der Waals surface area contributed by atoms with E-state index in [2.05, 4.69) is 15.6 Å². The quantitative estimate of drug-likeness (QED) is 0.796. The fourth-order valence-corrected chi connectivity index (χ4v) is 2.47. The summed E-state index contributed by atoms with van der Waals surface area (Å²) >= 11 is 1.41. The number of carbonyl (C=O) groups is 2. The van der Waals surface area contributed by atoms with Crippen molar-refractivity contribution in [2.75, 3.05) is 30.6 Å². The molecule has 1 aromatic carbocycles. The van der Waals surface area contributed by atoms with Crippen LogP contribution in [0.15, 0.2) is 47.6 Å². The Kier molecular flexibility index (Phi) is 6.13. The highest BCUT2D eigenvalue weighted by Crippen LogP contribution is 2.20. The summed E-state index contributed by atoms with van der Waals surface area (Å²) in [4.78, 5) is 28.0. The topological polar surface area (TPSA) is 80.3 Å². The molecule has 0 saturated heterocycles. The van der Waals surface area contributed by atoms with Crippen molar-refractivity contribution in [3.8, 4) is 0 Å². The molecule has 120 valence electrons. The second-order valence-corrected chi connectivity index (χ2v) is 5.37. The number of benzene rings is 1. The smallest absolute Gasteiger partial charge is 0.258 e. The van der Waals surface area contributed by atoms with Gasteiger partial charge in [-0.15, -0.1) is 11.8 Å². The molecule has 0 aliphatic rings. The van der Waals surface area contributed by atoms with Crippen LogP contribution in [0.25, 0.3) is 0 Å². The Labute approximate surface area is 138 Å². The van der Waals surface area contributed by atoms with E-state index in [9.17, 15) is 9.59 Å². The molecule has 1 heterocycles. The standard InChI is InChI=1S/C16H17N3O3S/c1-22-10-14(20)18-11-5-3-6-12(9-11)19-15(21)13-7-4-8-17-16(13)23-2/h3-9H,10H2,1-2H3,(H,18,20)(H,19,21). The highest BCUT2D eigenvalue weighted by molar-refractivity contribution is 7.98. The number of nitrogens with one attached hydrogen (secondary N) is 2. The molecule has 2 N–H and O–H groups in total. The summed E-state index contributed by atoms with van der Waals surface area (Å²) in [7, 11) is 1.45. The number of hydrogen-bond donors (Lipinski definition) is 2. The third kappa shape index (κ3) is 4.80. The summed E-state index contributed by atoms with van der Waals surface area (Å²) in [6.45, 7) is -0.0244. The molecule has 0 aliphatic heterocycles. The zero-order valence-corrected chi connectivity index (χ0v) is 13.6. The number of pyridine rings is 1. The Morgan fingerprint density at radius 1 is 1.17 bits per heavy atom. The van der Waals surface area contributed by atoms with E-state index in [1.807, 2.05) is 6.26 Å². The highest BCUT2D eigenvalue weighted by Gasteiger charge is 2.12. The molecule has 0 radical (unpaired) electrons. The van der Waals surface area contributed by atoms with Gasteiger partial charge in [0.2, 0.25) is 5.91 Å². The first kappa shape index (κ1) is 17.0. The molecule has 2 amide bonds. The molecule has 0 saturated carbocycles. The predicted molar refractivity (Wildman–Crippen MR) is 90.9 cm³/mol. The van der Waals surface area contributed by atoms with Crippen molar-refractivity contribution < 1.29 is 14.3 Å². The van der Waals surface area contributed by atoms with E-state index in [-0.39, 0.29) is 18.4 Å². The van der Waals surface area contributed by atoms with Crippen LogP contribution in [0.2, 0.25) is 0 Å². The second kappa shape index (κ2) is 8.30. The average molecular weight is 331 g/mol. The average Bonchev–Trinajstić information content (AvgIpc) is 2.55. The largest absolute Gasteiger partial charge is 0.375 e. The molecule has 2 rings (SSSR count). The maximum atomic E-state index is 12.4. The Hall–Kier alpha value is -2.38. The molecule has 0 fully saturated rings. The Morgan fingerprint density at radius 2 is 1.91 bits per heavy atom. The lowest BCUT2D eigenvalue weighted by atomic mass is 10.2. The first-order chi connectivity index (χ1) is 11.1. The van der Waals surface area contributed by atoms with Crippen molar-refractivity contribution in [3.05, 3.63) is 48.2 Å². The van der Waals surface area contributed by atoms with Crippen LogP contribution in [0.5, 0.6) is 0 Å². The summed E-state index contributed by atoms with van der Waals surface area (Å²) in [5, 5.41) is 6.15. The van der Waals surface area contributed by atoms with Gasteiger partial charge < -0.3 is 15.4 Å². The summed E-state index contributed by atoms with van der Waals surface area (Å²) < 4.78 is 4.76. The Balaban J connectivity index is 2.11. The minimum atomic E-state index is -0.257. The molecule has 0 unspecified atom stereocenters. The van der Waals surface area contributed by atoms with E-state index < -0.39 is 0 Å². The molecule has 23 heavy (non-hydrogen) atoms. The fourth-order valence-electron chi connectivity index (χ4n) is 1.93. The van der Waals surface area contributed by atoms with Crippen molar-refractivity contribution in [2.24, 2.45) is 0 Å². The minimum absolute atomic E-state index is 0.0244. The Bertz CT molecular complexity index is 706. The summed E-state index contributed by atoms with van der Waals surface area (Å²) in [5.41, 5.74) is 1.68. The zero-order chi connectivity index (χ0) is 16.7. The lowest BCUT2D eigenvalue weighted by Crippen LogP contribution is -2.17. The molecule has 2 aromatic rings. The first-order valence-electron chi connectivity index (χ1n) is 6.83. The number of anilines is 2. The number of carbonyl (C=O) groups excluding carboxylic acids is 2. The van der Waals surface area contributed by atoms with Crippen LogP contribution in [0.4, 0.5) is 11.4 Å². The van der Waals surface area contributed by atoms with Crippen LogP contribution >= 0.6 is 11.8 Å². The predicted octanol–water partition coefficient (Wildman–Crippen LogP) is 2.64. The molecule has 0 aliphatic carbocycles. The van der Waals surface area contributed by atoms with Gasteiger partial charge in [0.25, 0.3) is 5.91 Å². The van der Waals surface area contributed by atoms with Gasteiger partial charge in [-0.05, 0) is 36.6 Å². The molecule has 1 aromatic heterocycles. The zero-order valence-electron chi connectivity index (χ0n) is 12.8. The number of rotatable bonds is 6. The van der Waals surface area contributed by atoms with Crippen molar-refractivity contribution in [2.45, 2.75) is 5.03 Å². The monoisotopic (exact) mass is 331 g/mol. The highest BCUT2D eigenvalue weighted by atomic mass is 32.2. The summed E-state index contributed by atoms with van der Waals surface area (Å²) in [6, 6.07) is 10.4. The maximum Gasteiger partial charge on any atom is 0.258 e. The van der Waals surface area contributed by atoms with Gasteiger partial charge in [-0.3, -0.25) is 9.59 Å². The number of methoxy groups -OCH3 is 1. The Morgan fingerprint density at radius 3 is 2.61 bits per heavy atom. The van der Waals surface area contributed by atoms with E-state index in [1.54, 1.807) is 42.6 Å². The van der Waals surface area contributed by atoms with Gasteiger partial charge in [-0.25, -0.2) is 4.98 Å². The first-order valence-corrected chi connectivity index (χ1v) is 8.05. The van der Waals surface area contributed by atoms with Gasteiger partial charge in [0.05, 0.1) is 5.56 Å². The van der Waals surface area contributed by atoms with Crippen LogP contribution in [0, 0.1) is 0 Å². The third-order valence-electron chi connectivity index (χ3n) is 2.89. The van der Waals surface area contributed by atoms with E-state index >= 15 is 0 Å². The number of amides is 2. The second-order valence-electron chi connectivity index (χ2n) is 4.58. The molecule has 0 spiro atoms. The normalized spacial score (nSPS) is 10.2.